The standard InChI is InChI=1S/C17H25N3O2S/c21-16(15-10-23-13-18-15)20-5-1-3-17(12-20)4-6-19(11-17)8-14-2-7-22-9-14/h10,13-14H,1-9,11-12H2/t14-,17+/m1/s1. The number of aromatic nitrogens is 1. The van der Waals surface area contributed by atoms with Gasteiger partial charge in [-0.2, -0.15) is 0 Å². The molecular formula is C17H25N3O2S. The van der Waals surface area contributed by atoms with E-state index in [2.05, 4.69) is 9.88 Å². The number of ether oxygens (including phenoxy) is 1. The summed E-state index contributed by atoms with van der Waals surface area (Å²) in [6.07, 6.45) is 4.81. The zero-order chi connectivity index (χ0) is 15.7. The van der Waals surface area contributed by atoms with Gasteiger partial charge in [0.1, 0.15) is 5.69 Å². The van der Waals surface area contributed by atoms with Crippen LogP contribution < -0.4 is 0 Å². The molecule has 6 heteroatoms. The fraction of sp³-hybridized carbons (Fsp3) is 0.765. The third-order valence-electron chi connectivity index (χ3n) is 5.66. The second-order valence-electron chi connectivity index (χ2n) is 7.42. The molecule has 3 aliphatic heterocycles. The van der Waals surface area contributed by atoms with E-state index >= 15 is 0 Å². The smallest absolute Gasteiger partial charge is 0.273 e. The number of carbonyl (C=O) groups is 1. The molecular weight excluding hydrogens is 310 g/mol. The Kier molecular flexibility index (Phi) is 4.39. The number of carbonyl (C=O) groups excluding carboxylic acids is 1. The average molecular weight is 335 g/mol. The molecule has 126 valence electrons. The summed E-state index contributed by atoms with van der Waals surface area (Å²) in [4.78, 5) is 21.4. The highest BCUT2D eigenvalue weighted by atomic mass is 32.1. The Morgan fingerprint density at radius 1 is 1.39 bits per heavy atom. The third kappa shape index (κ3) is 3.30. The first-order valence-corrected chi connectivity index (χ1v) is 9.66. The fourth-order valence-electron chi connectivity index (χ4n) is 4.47. The molecule has 1 aromatic heterocycles. The monoisotopic (exact) mass is 335 g/mol. The normalized spacial score (nSPS) is 32.0. The van der Waals surface area contributed by atoms with Crippen LogP contribution in [0.2, 0.25) is 0 Å². The molecule has 0 unspecified atom stereocenters. The number of hydrogen-bond acceptors (Lipinski definition) is 5. The Bertz CT molecular complexity index is 544. The van der Waals surface area contributed by atoms with Crippen molar-refractivity contribution < 1.29 is 9.53 Å². The van der Waals surface area contributed by atoms with Crippen LogP contribution >= 0.6 is 11.3 Å². The molecule has 5 nitrogen and oxygen atoms in total. The van der Waals surface area contributed by atoms with Crippen LogP contribution in [0.15, 0.2) is 10.9 Å². The molecule has 0 aromatic carbocycles. The van der Waals surface area contributed by atoms with Gasteiger partial charge in [-0.05, 0) is 38.1 Å². The zero-order valence-corrected chi connectivity index (χ0v) is 14.4. The summed E-state index contributed by atoms with van der Waals surface area (Å²) in [5.41, 5.74) is 2.67. The first-order chi connectivity index (χ1) is 11.2. The van der Waals surface area contributed by atoms with Gasteiger partial charge in [0.2, 0.25) is 0 Å². The number of likely N-dealkylation sites (tertiary alicyclic amines) is 2. The fourth-order valence-corrected chi connectivity index (χ4v) is 5.00. The van der Waals surface area contributed by atoms with Crippen LogP contribution in [0.3, 0.4) is 0 Å². The molecule has 2 atom stereocenters. The molecule has 4 heterocycles. The van der Waals surface area contributed by atoms with Crippen LogP contribution in [0.25, 0.3) is 0 Å². The van der Waals surface area contributed by atoms with Gasteiger partial charge < -0.3 is 14.5 Å². The van der Waals surface area contributed by atoms with Crippen molar-refractivity contribution in [1.29, 1.82) is 0 Å². The first kappa shape index (κ1) is 15.5. The Hall–Kier alpha value is -0.980. The van der Waals surface area contributed by atoms with Gasteiger partial charge in [0, 0.05) is 43.6 Å². The minimum atomic E-state index is 0.118. The van der Waals surface area contributed by atoms with Crippen molar-refractivity contribution in [1.82, 2.24) is 14.8 Å². The van der Waals surface area contributed by atoms with Crippen molar-refractivity contribution >= 4 is 17.2 Å². The molecule has 0 aliphatic carbocycles. The summed E-state index contributed by atoms with van der Waals surface area (Å²) >= 11 is 1.50. The lowest BCUT2D eigenvalue weighted by atomic mass is 9.79. The topological polar surface area (TPSA) is 45.7 Å². The van der Waals surface area contributed by atoms with Crippen molar-refractivity contribution in [3.63, 3.8) is 0 Å². The van der Waals surface area contributed by atoms with Gasteiger partial charge >= 0.3 is 0 Å². The Morgan fingerprint density at radius 2 is 2.35 bits per heavy atom. The highest BCUT2D eigenvalue weighted by molar-refractivity contribution is 7.07. The predicted molar refractivity (Wildman–Crippen MR) is 89.7 cm³/mol. The number of thiazole rings is 1. The number of amides is 1. The van der Waals surface area contributed by atoms with E-state index in [9.17, 15) is 4.79 Å². The molecule has 3 fully saturated rings. The Morgan fingerprint density at radius 3 is 3.13 bits per heavy atom. The quantitative estimate of drug-likeness (QED) is 0.849. The molecule has 4 rings (SSSR count). The van der Waals surface area contributed by atoms with Crippen molar-refractivity contribution in [2.45, 2.75) is 25.7 Å². The summed E-state index contributed by atoms with van der Waals surface area (Å²) in [7, 11) is 0. The van der Waals surface area contributed by atoms with Gasteiger partial charge in [-0.1, -0.05) is 0 Å². The van der Waals surface area contributed by atoms with Crippen LogP contribution in [-0.2, 0) is 4.74 Å². The van der Waals surface area contributed by atoms with Gasteiger partial charge in [0.25, 0.3) is 5.91 Å². The molecule has 1 spiro atoms. The molecule has 3 aliphatic rings. The largest absolute Gasteiger partial charge is 0.381 e. The van der Waals surface area contributed by atoms with E-state index in [1.807, 2.05) is 10.3 Å². The molecule has 0 radical (unpaired) electrons. The summed E-state index contributed by atoms with van der Waals surface area (Å²) in [6.45, 7) is 7.13. The predicted octanol–water partition coefficient (Wildman–Crippen LogP) is 2.11. The van der Waals surface area contributed by atoms with E-state index in [-0.39, 0.29) is 5.91 Å². The maximum atomic E-state index is 12.6. The third-order valence-corrected chi connectivity index (χ3v) is 6.24. The highest BCUT2D eigenvalue weighted by Crippen LogP contribution is 2.39. The molecule has 0 saturated carbocycles. The lowest BCUT2D eigenvalue weighted by Gasteiger charge is -2.40. The van der Waals surface area contributed by atoms with E-state index < -0.39 is 0 Å². The minimum absolute atomic E-state index is 0.118. The lowest BCUT2D eigenvalue weighted by molar-refractivity contribution is 0.0519. The minimum Gasteiger partial charge on any atom is -0.381 e. The number of rotatable bonds is 3. The maximum absolute atomic E-state index is 12.6. The molecule has 23 heavy (non-hydrogen) atoms. The van der Waals surface area contributed by atoms with Crippen LogP contribution in [0.1, 0.15) is 36.2 Å². The summed E-state index contributed by atoms with van der Waals surface area (Å²) < 4.78 is 5.51. The van der Waals surface area contributed by atoms with E-state index in [0.717, 1.165) is 39.3 Å². The van der Waals surface area contributed by atoms with Gasteiger partial charge in [0.05, 0.1) is 12.1 Å². The molecule has 0 bridgehead atoms. The number of piperidine rings is 1. The zero-order valence-electron chi connectivity index (χ0n) is 13.6. The SMILES string of the molecule is O=C(c1cscn1)N1CCC[C@@]2(CCN(C[C@H]3CCOC3)C2)C1. The van der Waals surface area contributed by atoms with Crippen LogP contribution in [0, 0.1) is 11.3 Å². The average Bonchev–Trinajstić information content (AvgIpc) is 3.30. The van der Waals surface area contributed by atoms with Gasteiger partial charge in [0.15, 0.2) is 0 Å². The Balaban J connectivity index is 1.38. The van der Waals surface area contributed by atoms with Crippen molar-refractivity contribution in [2.75, 3.05) is 45.9 Å². The second-order valence-corrected chi connectivity index (χ2v) is 8.14. The molecule has 3 saturated heterocycles. The van der Waals surface area contributed by atoms with Crippen LogP contribution in [-0.4, -0.2) is 66.6 Å². The van der Waals surface area contributed by atoms with E-state index in [1.165, 1.54) is 43.7 Å². The second kappa shape index (κ2) is 6.49. The van der Waals surface area contributed by atoms with Gasteiger partial charge in [-0.25, -0.2) is 4.98 Å². The summed E-state index contributed by atoms with van der Waals surface area (Å²) in [5.74, 6) is 0.828. The summed E-state index contributed by atoms with van der Waals surface area (Å²) in [6, 6.07) is 0. The van der Waals surface area contributed by atoms with Gasteiger partial charge in [-0.15, -0.1) is 11.3 Å². The van der Waals surface area contributed by atoms with E-state index in [1.54, 1.807) is 5.51 Å². The molecule has 0 N–H and O–H groups in total. The molecule has 1 aromatic rings. The van der Waals surface area contributed by atoms with Gasteiger partial charge in [-0.3, -0.25) is 4.79 Å². The van der Waals surface area contributed by atoms with Crippen LogP contribution in [0.5, 0.6) is 0 Å². The number of hydrogen-bond donors (Lipinski definition) is 0. The van der Waals surface area contributed by atoms with E-state index in [4.69, 9.17) is 4.74 Å². The summed E-state index contributed by atoms with van der Waals surface area (Å²) in [5, 5.41) is 1.87. The van der Waals surface area contributed by atoms with E-state index in [0.29, 0.717) is 17.0 Å². The molecule has 1 amide bonds. The van der Waals surface area contributed by atoms with Crippen molar-refractivity contribution in [3.8, 4) is 0 Å². The van der Waals surface area contributed by atoms with Crippen LogP contribution in [0.4, 0.5) is 0 Å². The highest BCUT2D eigenvalue weighted by Gasteiger charge is 2.43. The number of nitrogens with zero attached hydrogens (tertiary/aromatic N) is 3. The van der Waals surface area contributed by atoms with Crippen molar-refractivity contribution in [2.24, 2.45) is 11.3 Å². The Labute approximate surface area is 141 Å². The lowest BCUT2D eigenvalue weighted by Crippen LogP contribution is -2.47. The maximum Gasteiger partial charge on any atom is 0.273 e. The van der Waals surface area contributed by atoms with Crippen molar-refractivity contribution in [3.05, 3.63) is 16.6 Å². The first-order valence-electron chi connectivity index (χ1n) is 8.72.